The number of nitrogens with zero attached hydrogens (tertiary/aromatic N) is 3. The van der Waals surface area contributed by atoms with E-state index in [0.717, 1.165) is 38.2 Å². The number of rotatable bonds is 6. The van der Waals surface area contributed by atoms with Gasteiger partial charge in [0.2, 0.25) is 5.95 Å². The number of benzene rings is 2. The van der Waals surface area contributed by atoms with Crippen molar-refractivity contribution >= 4 is 17.5 Å². The van der Waals surface area contributed by atoms with Gasteiger partial charge in [-0.2, -0.15) is 4.98 Å². The molecule has 3 aromatic rings. The molecule has 1 aliphatic rings. The zero-order chi connectivity index (χ0) is 16.9. The topological polar surface area (TPSA) is 41.1 Å². The van der Waals surface area contributed by atoms with Crippen LogP contribution in [0.2, 0.25) is 0 Å². The molecule has 0 unspecified atom stereocenters. The van der Waals surface area contributed by atoms with E-state index >= 15 is 0 Å². The summed E-state index contributed by atoms with van der Waals surface area (Å²) >= 11 is 0. The molecule has 0 saturated carbocycles. The van der Waals surface area contributed by atoms with Crippen molar-refractivity contribution in [1.29, 1.82) is 0 Å². The summed E-state index contributed by atoms with van der Waals surface area (Å²) in [6.45, 7) is 1.85. The maximum atomic E-state index is 4.70. The number of fused-ring (bicyclic) bond motifs is 1. The van der Waals surface area contributed by atoms with Crippen molar-refractivity contribution in [2.75, 3.05) is 23.3 Å². The van der Waals surface area contributed by atoms with E-state index in [2.05, 4.69) is 69.8 Å². The number of hydrogen-bond acceptors (Lipinski definition) is 4. The highest BCUT2D eigenvalue weighted by atomic mass is 15.2. The van der Waals surface area contributed by atoms with Crippen LogP contribution in [0.4, 0.5) is 17.5 Å². The van der Waals surface area contributed by atoms with Crippen molar-refractivity contribution in [3.63, 3.8) is 0 Å². The van der Waals surface area contributed by atoms with Gasteiger partial charge in [0.05, 0.1) is 0 Å². The summed E-state index contributed by atoms with van der Waals surface area (Å²) < 4.78 is 0. The Hall–Kier alpha value is -2.88. The summed E-state index contributed by atoms with van der Waals surface area (Å²) in [5.74, 6) is 1.67. The summed E-state index contributed by atoms with van der Waals surface area (Å²) in [7, 11) is 0. The van der Waals surface area contributed by atoms with Gasteiger partial charge in [0.25, 0.3) is 0 Å². The van der Waals surface area contributed by atoms with E-state index in [0.29, 0.717) is 5.95 Å². The summed E-state index contributed by atoms with van der Waals surface area (Å²) in [6, 6.07) is 21.1. The fourth-order valence-electron chi connectivity index (χ4n) is 3.30. The van der Waals surface area contributed by atoms with Gasteiger partial charge in [0, 0.05) is 25.0 Å². The van der Waals surface area contributed by atoms with E-state index in [1.165, 1.54) is 16.8 Å². The van der Waals surface area contributed by atoms with Crippen molar-refractivity contribution in [2.24, 2.45) is 0 Å². The molecule has 0 amide bonds. The number of aromatic nitrogens is 2. The summed E-state index contributed by atoms with van der Waals surface area (Å²) in [4.78, 5) is 11.3. The number of anilines is 3. The molecule has 1 N–H and O–H groups in total. The molecule has 0 radical (unpaired) electrons. The standard InChI is InChI=1S/C21H22N4/c1-2-7-17(8-3-1)9-6-14-22-21-23-15-12-20(24-21)25-16-13-18-10-4-5-11-19(18)25/h1-5,7-8,10-12,15H,6,9,13-14,16H2,(H,22,23,24). The lowest BCUT2D eigenvalue weighted by atomic mass is 10.1. The van der Waals surface area contributed by atoms with E-state index in [1.54, 1.807) is 0 Å². The van der Waals surface area contributed by atoms with Crippen LogP contribution in [0.1, 0.15) is 17.5 Å². The van der Waals surface area contributed by atoms with Gasteiger partial charge in [-0.15, -0.1) is 0 Å². The molecule has 0 saturated heterocycles. The predicted octanol–water partition coefficient (Wildman–Crippen LogP) is 4.22. The smallest absolute Gasteiger partial charge is 0.224 e. The molecule has 0 aliphatic carbocycles. The molecule has 0 atom stereocenters. The van der Waals surface area contributed by atoms with Crippen molar-refractivity contribution < 1.29 is 0 Å². The van der Waals surface area contributed by atoms with E-state index in [1.807, 2.05) is 12.3 Å². The Kier molecular flexibility index (Phi) is 4.59. The summed E-state index contributed by atoms with van der Waals surface area (Å²) in [6.07, 6.45) is 5.03. The molecule has 4 rings (SSSR count). The van der Waals surface area contributed by atoms with E-state index in [9.17, 15) is 0 Å². The van der Waals surface area contributed by atoms with Crippen LogP contribution >= 0.6 is 0 Å². The first-order chi connectivity index (χ1) is 12.4. The van der Waals surface area contributed by atoms with Gasteiger partial charge in [0.1, 0.15) is 5.82 Å². The largest absolute Gasteiger partial charge is 0.354 e. The van der Waals surface area contributed by atoms with Gasteiger partial charge in [-0.25, -0.2) is 4.98 Å². The zero-order valence-electron chi connectivity index (χ0n) is 14.2. The Morgan fingerprint density at radius 3 is 2.72 bits per heavy atom. The summed E-state index contributed by atoms with van der Waals surface area (Å²) in [5, 5.41) is 3.35. The number of hydrogen-bond donors (Lipinski definition) is 1. The van der Waals surface area contributed by atoms with Crippen LogP contribution in [0, 0.1) is 0 Å². The maximum absolute atomic E-state index is 4.70. The van der Waals surface area contributed by atoms with E-state index in [-0.39, 0.29) is 0 Å². The van der Waals surface area contributed by atoms with Crippen LogP contribution in [0.25, 0.3) is 0 Å². The average Bonchev–Trinajstić information content (AvgIpc) is 3.11. The van der Waals surface area contributed by atoms with Gasteiger partial charge in [-0.05, 0) is 42.5 Å². The molecule has 25 heavy (non-hydrogen) atoms. The molecule has 4 nitrogen and oxygen atoms in total. The maximum Gasteiger partial charge on any atom is 0.224 e. The zero-order valence-corrected chi connectivity index (χ0v) is 14.2. The molecule has 0 fully saturated rings. The fourth-order valence-corrected chi connectivity index (χ4v) is 3.30. The molecular formula is C21H22N4. The molecule has 126 valence electrons. The molecule has 2 aromatic carbocycles. The molecule has 1 aromatic heterocycles. The van der Waals surface area contributed by atoms with Crippen LogP contribution in [0.5, 0.6) is 0 Å². The van der Waals surface area contributed by atoms with Crippen molar-refractivity contribution in [2.45, 2.75) is 19.3 Å². The number of nitrogens with one attached hydrogen (secondary N) is 1. The van der Waals surface area contributed by atoms with Crippen LogP contribution in [0.15, 0.2) is 66.9 Å². The highest BCUT2D eigenvalue weighted by molar-refractivity contribution is 5.67. The monoisotopic (exact) mass is 330 g/mol. The second-order valence-corrected chi connectivity index (χ2v) is 6.28. The first-order valence-electron chi connectivity index (χ1n) is 8.86. The van der Waals surface area contributed by atoms with Gasteiger partial charge in [-0.3, -0.25) is 0 Å². The molecule has 2 heterocycles. The predicted molar refractivity (Wildman–Crippen MR) is 102 cm³/mol. The molecule has 1 aliphatic heterocycles. The molecule has 4 heteroatoms. The van der Waals surface area contributed by atoms with Crippen molar-refractivity contribution in [3.8, 4) is 0 Å². The van der Waals surface area contributed by atoms with E-state index < -0.39 is 0 Å². The Morgan fingerprint density at radius 1 is 0.960 bits per heavy atom. The first-order valence-corrected chi connectivity index (χ1v) is 8.86. The second-order valence-electron chi connectivity index (χ2n) is 6.28. The minimum absolute atomic E-state index is 0.704. The minimum Gasteiger partial charge on any atom is -0.354 e. The molecule has 0 bridgehead atoms. The average molecular weight is 330 g/mol. The highest BCUT2D eigenvalue weighted by Crippen LogP contribution is 2.33. The van der Waals surface area contributed by atoms with Gasteiger partial charge < -0.3 is 10.2 Å². The summed E-state index contributed by atoms with van der Waals surface area (Å²) in [5.41, 5.74) is 4.02. The van der Waals surface area contributed by atoms with Crippen LogP contribution in [-0.4, -0.2) is 23.1 Å². The quantitative estimate of drug-likeness (QED) is 0.687. The number of aryl methyl sites for hydroxylation is 1. The lowest BCUT2D eigenvalue weighted by molar-refractivity contribution is 0.851. The lowest BCUT2D eigenvalue weighted by Crippen LogP contribution is -2.16. The third kappa shape index (κ3) is 3.63. The van der Waals surface area contributed by atoms with Crippen LogP contribution in [-0.2, 0) is 12.8 Å². The Labute approximate surface area is 148 Å². The third-order valence-corrected chi connectivity index (χ3v) is 4.57. The fraction of sp³-hybridized carbons (Fsp3) is 0.238. The van der Waals surface area contributed by atoms with Gasteiger partial charge in [0.15, 0.2) is 0 Å². The SMILES string of the molecule is c1ccc(CCCNc2nccc(N3CCc4ccccc43)n2)cc1. The third-order valence-electron chi connectivity index (χ3n) is 4.57. The van der Waals surface area contributed by atoms with Gasteiger partial charge in [-0.1, -0.05) is 48.5 Å². The van der Waals surface area contributed by atoms with Crippen molar-refractivity contribution in [1.82, 2.24) is 9.97 Å². The van der Waals surface area contributed by atoms with Crippen molar-refractivity contribution in [3.05, 3.63) is 78.0 Å². The van der Waals surface area contributed by atoms with Gasteiger partial charge >= 0.3 is 0 Å². The van der Waals surface area contributed by atoms with Crippen LogP contribution < -0.4 is 10.2 Å². The highest BCUT2D eigenvalue weighted by Gasteiger charge is 2.20. The van der Waals surface area contributed by atoms with E-state index in [4.69, 9.17) is 4.98 Å². The van der Waals surface area contributed by atoms with Crippen LogP contribution in [0.3, 0.4) is 0 Å². The number of para-hydroxylation sites is 1. The second kappa shape index (κ2) is 7.34. The Bertz CT molecular complexity index is 832. The Morgan fingerprint density at radius 2 is 1.80 bits per heavy atom. The first kappa shape index (κ1) is 15.6. The lowest BCUT2D eigenvalue weighted by Gasteiger charge is -2.18. The molecule has 0 spiro atoms. The normalized spacial score (nSPS) is 12.9. The minimum atomic E-state index is 0.704. The molecular weight excluding hydrogens is 308 g/mol. The Balaban J connectivity index is 1.37.